The van der Waals surface area contributed by atoms with E-state index in [2.05, 4.69) is 21.2 Å². The fourth-order valence-corrected chi connectivity index (χ4v) is 2.53. The highest BCUT2D eigenvalue weighted by atomic mass is 79.9. The van der Waals surface area contributed by atoms with Crippen molar-refractivity contribution in [1.29, 1.82) is 0 Å². The minimum atomic E-state index is -0.151. The highest BCUT2D eigenvalue weighted by molar-refractivity contribution is 9.10. The summed E-state index contributed by atoms with van der Waals surface area (Å²) in [7, 11) is 0. The summed E-state index contributed by atoms with van der Waals surface area (Å²) in [5.41, 5.74) is 1.10. The zero-order valence-electron chi connectivity index (χ0n) is 8.60. The molecule has 1 fully saturated rings. The Labute approximate surface area is 98.2 Å². The monoisotopic (exact) mass is 271 g/mol. The Bertz CT molecular complexity index is 334. The Morgan fingerprint density at radius 2 is 2.07 bits per heavy atom. The van der Waals surface area contributed by atoms with Crippen LogP contribution in [-0.4, -0.2) is 13.1 Å². The molecular formula is C12H15BrFN. The minimum Gasteiger partial charge on any atom is -0.317 e. The molecule has 1 nitrogen and oxygen atoms in total. The van der Waals surface area contributed by atoms with Gasteiger partial charge in [-0.2, -0.15) is 0 Å². The molecule has 0 aromatic heterocycles. The lowest BCUT2D eigenvalue weighted by Gasteiger charge is -2.23. The van der Waals surface area contributed by atoms with Gasteiger partial charge in [-0.05, 0) is 65.8 Å². The fourth-order valence-electron chi connectivity index (χ4n) is 2.10. The molecule has 1 aromatic carbocycles. The van der Waals surface area contributed by atoms with Gasteiger partial charge in [-0.25, -0.2) is 4.39 Å². The summed E-state index contributed by atoms with van der Waals surface area (Å²) < 4.78 is 13.9. The van der Waals surface area contributed by atoms with Crippen molar-refractivity contribution in [2.45, 2.75) is 19.3 Å². The van der Waals surface area contributed by atoms with Gasteiger partial charge >= 0.3 is 0 Å². The summed E-state index contributed by atoms with van der Waals surface area (Å²) in [6.07, 6.45) is 3.38. The predicted molar refractivity (Wildman–Crippen MR) is 63.4 cm³/mol. The van der Waals surface area contributed by atoms with Crippen LogP contribution in [0.4, 0.5) is 4.39 Å². The van der Waals surface area contributed by atoms with Crippen LogP contribution in [0.5, 0.6) is 0 Å². The second-order valence-corrected chi connectivity index (χ2v) is 4.90. The van der Waals surface area contributed by atoms with Crippen molar-refractivity contribution >= 4 is 15.9 Å². The van der Waals surface area contributed by atoms with Gasteiger partial charge in [0.1, 0.15) is 5.82 Å². The maximum absolute atomic E-state index is 13.3. The van der Waals surface area contributed by atoms with E-state index in [1.54, 1.807) is 6.07 Å². The molecule has 1 heterocycles. The molecule has 1 N–H and O–H groups in total. The highest BCUT2D eigenvalue weighted by Crippen LogP contribution is 2.25. The van der Waals surface area contributed by atoms with Crippen LogP contribution in [0.3, 0.4) is 0 Å². The molecule has 0 unspecified atom stereocenters. The van der Waals surface area contributed by atoms with Crippen LogP contribution in [0.25, 0.3) is 0 Å². The molecule has 0 atom stereocenters. The molecule has 1 aromatic rings. The van der Waals surface area contributed by atoms with E-state index < -0.39 is 0 Å². The van der Waals surface area contributed by atoms with E-state index in [4.69, 9.17) is 0 Å². The zero-order chi connectivity index (χ0) is 10.7. The smallest absolute Gasteiger partial charge is 0.137 e. The van der Waals surface area contributed by atoms with Gasteiger partial charge in [-0.15, -0.1) is 0 Å². The molecule has 2 rings (SSSR count). The van der Waals surface area contributed by atoms with Crippen molar-refractivity contribution < 1.29 is 4.39 Å². The van der Waals surface area contributed by atoms with Crippen LogP contribution in [0.2, 0.25) is 0 Å². The Hall–Kier alpha value is -0.410. The second-order valence-electron chi connectivity index (χ2n) is 4.11. The highest BCUT2D eigenvalue weighted by Gasteiger charge is 2.15. The van der Waals surface area contributed by atoms with Gasteiger partial charge in [0, 0.05) is 0 Å². The quantitative estimate of drug-likeness (QED) is 0.872. The van der Waals surface area contributed by atoms with Gasteiger partial charge < -0.3 is 5.32 Å². The van der Waals surface area contributed by atoms with E-state index in [1.165, 1.54) is 18.9 Å². The van der Waals surface area contributed by atoms with Crippen LogP contribution in [-0.2, 0) is 6.42 Å². The number of rotatable bonds is 2. The van der Waals surface area contributed by atoms with Gasteiger partial charge in [0.05, 0.1) is 4.47 Å². The number of halogens is 2. The lowest BCUT2D eigenvalue weighted by atomic mass is 9.91. The number of nitrogens with one attached hydrogen (secondary N) is 1. The van der Waals surface area contributed by atoms with Gasteiger partial charge in [0.25, 0.3) is 0 Å². The zero-order valence-corrected chi connectivity index (χ0v) is 10.2. The first-order valence-electron chi connectivity index (χ1n) is 5.41. The van der Waals surface area contributed by atoms with E-state index in [-0.39, 0.29) is 5.82 Å². The summed E-state index contributed by atoms with van der Waals surface area (Å²) in [6.45, 7) is 2.19. The molecule has 0 radical (unpaired) electrons. The Balaban J connectivity index is 2.06. The molecule has 1 aliphatic rings. The van der Waals surface area contributed by atoms with Crippen molar-refractivity contribution in [3.63, 3.8) is 0 Å². The summed E-state index contributed by atoms with van der Waals surface area (Å²) in [6, 6.07) is 5.29. The Kier molecular flexibility index (Phi) is 3.76. The normalized spacial score (nSPS) is 18.0. The third-order valence-corrected chi connectivity index (χ3v) is 3.89. The molecule has 0 bridgehead atoms. The van der Waals surface area contributed by atoms with Gasteiger partial charge in [-0.1, -0.05) is 12.1 Å². The molecule has 0 spiro atoms. The maximum atomic E-state index is 13.3. The molecule has 15 heavy (non-hydrogen) atoms. The molecule has 0 amide bonds. The number of hydrogen-bond donors (Lipinski definition) is 1. The fraction of sp³-hybridized carbons (Fsp3) is 0.500. The van der Waals surface area contributed by atoms with Gasteiger partial charge in [0.15, 0.2) is 0 Å². The van der Waals surface area contributed by atoms with E-state index >= 15 is 0 Å². The van der Waals surface area contributed by atoms with Crippen LogP contribution in [0, 0.1) is 11.7 Å². The maximum Gasteiger partial charge on any atom is 0.137 e. The topological polar surface area (TPSA) is 12.0 Å². The van der Waals surface area contributed by atoms with Crippen molar-refractivity contribution in [2.24, 2.45) is 5.92 Å². The van der Waals surface area contributed by atoms with E-state index in [0.717, 1.165) is 25.1 Å². The third-order valence-electron chi connectivity index (χ3n) is 3.00. The van der Waals surface area contributed by atoms with Crippen molar-refractivity contribution in [2.75, 3.05) is 13.1 Å². The van der Waals surface area contributed by atoms with Crippen LogP contribution >= 0.6 is 15.9 Å². The van der Waals surface area contributed by atoms with Crippen LogP contribution in [0.15, 0.2) is 22.7 Å². The summed E-state index contributed by atoms with van der Waals surface area (Å²) in [5.74, 6) is 0.547. The Morgan fingerprint density at radius 3 is 2.80 bits per heavy atom. The van der Waals surface area contributed by atoms with Crippen molar-refractivity contribution in [3.8, 4) is 0 Å². The van der Waals surface area contributed by atoms with E-state index in [0.29, 0.717) is 10.4 Å². The second kappa shape index (κ2) is 5.08. The van der Waals surface area contributed by atoms with E-state index in [1.807, 2.05) is 6.07 Å². The molecule has 1 aliphatic heterocycles. The van der Waals surface area contributed by atoms with Crippen molar-refractivity contribution in [1.82, 2.24) is 5.32 Å². The standard InChI is InChI=1S/C12H15BrFN/c13-12-10(2-1-3-11(12)14)8-9-4-6-15-7-5-9/h1-3,9,15H,4-8H2. The number of hydrogen-bond acceptors (Lipinski definition) is 1. The third kappa shape index (κ3) is 2.79. The van der Waals surface area contributed by atoms with E-state index in [9.17, 15) is 4.39 Å². The molecule has 3 heteroatoms. The minimum absolute atomic E-state index is 0.151. The first kappa shape index (κ1) is 11.1. The number of piperidine rings is 1. The lowest BCUT2D eigenvalue weighted by molar-refractivity contribution is 0.372. The SMILES string of the molecule is Fc1cccc(CC2CCNCC2)c1Br. The number of benzene rings is 1. The molecule has 0 aliphatic carbocycles. The average Bonchev–Trinajstić information content (AvgIpc) is 2.26. The predicted octanol–water partition coefficient (Wildman–Crippen LogP) is 3.13. The summed E-state index contributed by atoms with van der Waals surface area (Å²) in [5, 5.41) is 3.34. The molecule has 82 valence electrons. The molecule has 0 saturated carbocycles. The first-order chi connectivity index (χ1) is 7.27. The molecule has 1 saturated heterocycles. The van der Waals surface area contributed by atoms with Crippen LogP contribution in [0.1, 0.15) is 18.4 Å². The van der Waals surface area contributed by atoms with Crippen LogP contribution < -0.4 is 5.32 Å². The van der Waals surface area contributed by atoms with Gasteiger partial charge in [-0.3, -0.25) is 0 Å². The average molecular weight is 272 g/mol. The summed E-state index contributed by atoms with van der Waals surface area (Å²) in [4.78, 5) is 0. The van der Waals surface area contributed by atoms with Crippen molar-refractivity contribution in [3.05, 3.63) is 34.1 Å². The lowest BCUT2D eigenvalue weighted by Crippen LogP contribution is -2.28. The molecular weight excluding hydrogens is 257 g/mol. The summed E-state index contributed by atoms with van der Waals surface area (Å²) >= 11 is 3.32. The largest absolute Gasteiger partial charge is 0.317 e. The Morgan fingerprint density at radius 1 is 1.33 bits per heavy atom. The first-order valence-corrected chi connectivity index (χ1v) is 6.20. The van der Waals surface area contributed by atoms with Gasteiger partial charge in [0.2, 0.25) is 0 Å².